The smallest absolute Gasteiger partial charge is 0.144 e. The van der Waals surface area contributed by atoms with Gasteiger partial charge in [-0.15, -0.1) is 0 Å². The van der Waals surface area contributed by atoms with Crippen molar-refractivity contribution in [3.8, 4) is 0 Å². The maximum absolute atomic E-state index is 12.7. The number of hydrogen-bond donors (Lipinski definition) is 0. The van der Waals surface area contributed by atoms with E-state index in [4.69, 9.17) is 0 Å². The second-order valence-electron chi connectivity index (χ2n) is 6.17. The predicted octanol–water partition coefficient (Wildman–Crippen LogP) is 3.49. The number of Topliss-reactive ketones (excluding diaryl/α,β-unsaturated/α-hetero) is 1. The van der Waals surface area contributed by atoms with Crippen molar-refractivity contribution in [3.63, 3.8) is 0 Å². The summed E-state index contributed by atoms with van der Waals surface area (Å²) >= 11 is 0. The van der Waals surface area contributed by atoms with Gasteiger partial charge in [0.15, 0.2) is 0 Å². The molecule has 0 saturated heterocycles. The highest BCUT2D eigenvalue weighted by Crippen LogP contribution is 2.57. The molecule has 1 spiro atoms. The molecular weight excluding hydrogens is 220 g/mol. The molecule has 1 nitrogen and oxygen atoms in total. The fourth-order valence-electron chi connectivity index (χ4n) is 4.52. The van der Waals surface area contributed by atoms with Crippen LogP contribution in [0.15, 0.2) is 29.8 Å². The highest BCUT2D eigenvalue weighted by molar-refractivity contribution is 5.94. The number of aryl methyl sites for hydroxylation is 1. The molecule has 2 atom stereocenters. The van der Waals surface area contributed by atoms with Crippen molar-refractivity contribution in [2.45, 2.75) is 44.4 Å². The molecule has 1 aromatic rings. The summed E-state index contributed by atoms with van der Waals surface area (Å²) in [5.74, 6) is 1.06. The molecular formula is C17H18O. The van der Waals surface area contributed by atoms with Gasteiger partial charge < -0.3 is 0 Å². The Hall–Kier alpha value is -1.37. The number of carbonyl (C=O) groups excluding carboxylic acids is 1. The van der Waals surface area contributed by atoms with Crippen molar-refractivity contribution in [2.24, 2.45) is 5.92 Å². The molecule has 0 amide bonds. The number of allylic oxidation sites excluding steroid dienone is 2. The van der Waals surface area contributed by atoms with Crippen LogP contribution in [0, 0.1) is 12.8 Å². The van der Waals surface area contributed by atoms with E-state index in [9.17, 15) is 4.79 Å². The van der Waals surface area contributed by atoms with Gasteiger partial charge in [0.25, 0.3) is 0 Å². The van der Waals surface area contributed by atoms with E-state index in [0.29, 0.717) is 11.7 Å². The topological polar surface area (TPSA) is 17.1 Å². The third-order valence-electron chi connectivity index (χ3n) is 5.39. The van der Waals surface area contributed by atoms with Crippen LogP contribution in [0.3, 0.4) is 0 Å². The molecule has 18 heavy (non-hydrogen) atoms. The number of benzene rings is 1. The van der Waals surface area contributed by atoms with E-state index in [2.05, 4.69) is 31.2 Å². The molecule has 2 unspecified atom stereocenters. The van der Waals surface area contributed by atoms with Gasteiger partial charge in [-0.3, -0.25) is 4.79 Å². The Morgan fingerprint density at radius 1 is 1.28 bits per heavy atom. The molecule has 1 saturated carbocycles. The summed E-state index contributed by atoms with van der Waals surface area (Å²) in [7, 11) is 0. The Bertz CT molecular complexity index is 581. The van der Waals surface area contributed by atoms with Crippen LogP contribution in [-0.4, -0.2) is 5.78 Å². The molecule has 3 aliphatic carbocycles. The minimum absolute atomic E-state index is 0.135. The molecule has 1 fully saturated rings. The van der Waals surface area contributed by atoms with Gasteiger partial charge in [0.1, 0.15) is 5.78 Å². The normalized spacial score (nSPS) is 32.8. The molecule has 0 radical (unpaired) electrons. The SMILES string of the molecule is Cc1cccc2c1CCC(=O)C21CC2=CCC1C2. The van der Waals surface area contributed by atoms with Gasteiger partial charge in [0, 0.05) is 6.42 Å². The number of rotatable bonds is 0. The fourth-order valence-corrected chi connectivity index (χ4v) is 4.52. The first-order chi connectivity index (χ1) is 8.72. The van der Waals surface area contributed by atoms with Gasteiger partial charge in [-0.25, -0.2) is 0 Å². The Kier molecular flexibility index (Phi) is 1.96. The van der Waals surface area contributed by atoms with E-state index in [1.54, 1.807) is 0 Å². The maximum atomic E-state index is 12.7. The van der Waals surface area contributed by atoms with Gasteiger partial charge in [-0.05, 0) is 55.2 Å². The van der Waals surface area contributed by atoms with E-state index in [1.807, 2.05) is 0 Å². The van der Waals surface area contributed by atoms with Gasteiger partial charge in [-0.1, -0.05) is 29.8 Å². The van der Waals surface area contributed by atoms with Crippen molar-refractivity contribution < 1.29 is 4.79 Å². The summed E-state index contributed by atoms with van der Waals surface area (Å²) < 4.78 is 0. The van der Waals surface area contributed by atoms with Crippen LogP contribution in [0.1, 0.15) is 42.4 Å². The average molecular weight is 238 g/mol. The van der Waals surface area contributed by atoms with Crippen LogP contribution >= 0.6 is 0 Å². The van der Waals surface area contributed by atoms with Crippen LogP contribution in [0.2, 0.25) is 0 Å². The summed E-state index contributed by atoms with van der Waals surface area (Å²) in [5.41, 5.74) is 5.60. The molecule has 0 aromatic heterocycles. The Morgan fingerprint density at radius 3 is 2.89 bits per heavy atom. The zero-order chi connectivity index (χ0) is 12.3. The molecule has 1 heteroatoms. The number of hydrogen-bond acceptors (Lipinski definition) is 1. The zero-order valence-corrected chi connectivity index (χ0v) is 10.8. The Morgan fingerprint density at radius 2 is 2.17 bits per heavy atom. The lowest BCUT2D eigenvalue weighted by molar-refractivity contribution is -0.126. The van der Waals surface area contributed by atoms with Gasteiger partial charge in [-0.2, -0.15) is 0 Å². The minimum atomic E-state index is -0.135. The van der Waals surface area contributed by atoms with Crippen molar-refractivity contribution in [1.82, 2.24) is 0 Å². The van der Waals surface area contributed by atoms with Crippen LogP contribution in [0.4, 0.5) is 0 Å². The number of carbonyl (C=O) groups is 1. The minimum Gasteiger partial charge on any atom is -0.299 e. The Labute approximate surface area is 108 Å². The van der Waals surface area contributed by atoms with Crippen molar-refractivity contribution in [3.05, 3.63) is 46.5 Å². The standard InChI is InChI=1S/C17H18O/c1-11-3-2-4-15-14(11)7-8-16(18)17(15)10-12-5-6-13(17)9-12/h2-5,13H,6-10H2,1H3. The number of ketones is 1. The summed E-state index contributed by atoms with van der Waals surface area (Å²) in [5, 5.41) is 0. The Balaban J connectivity index is 1.97. The molecule has 92 valence electrons. The first-order valence-corrected chi connectivity index (χ1v) is 7.02. The highest BCUT2D eigenvalue weighted by Gasteiger charge is 2.54. The van der Waals surface area contributed by atoms with E-state index in [-0.39, 0.29) is 5.41 Å². The summed E-state index contributed by atoms with van der Waals surface area (Å²) in [6, 6.07) is 6.55. The summed E-state index contributed by atoms with van der Waals surface area (Å²) in [4.78, 5) is 12.7. The second kappa shape index (κ2) is 3.34. The van der Waals surface area contributed by atoms with Crippen LogP contribution in [0.5, 0.6) is 0 Å². The molecule has 2 bridgehead atoms. The van der Waals surface area contributed by atoms with Crippen LogP contribution in [0.25, 0.3) is 0 Å². The first-order valence-electron chi connectivity index (χ1n) is 7.02. The lowest BCUT2D eigenvalue weighted by Crippen LogP contribution is -2.43. The monoisotopic (exact) mass is 238 g/mol. The van der Waals surface area contributed by atoms with Gasteiger partial charge >= 0.3 is 0 Å². The quantitative estimate of drug-likeness (QED) is 0.632. The fraction of sp³-hybridized carbons (Fsp3) is 0.471. The third kappa shape index (κ3) is 1.10. The van der Waals surface area contributed by atoms with E-state index in [0.717, 1.165) is 25.7 Å². The predicted molar refractivity (Wildman–Crippen MR) is 71.6 cm³/mol. The van der Waals surface area contributed by atoms with Crippen LogP contribution in [-0.2, 0) is 16.6 Å². The van der Waals surface area contributed by atoms with E-state index in [1.165, 1.54) is 28.7 Å². The molecule has 1 aromatic carbocycles. The maximum Gasteiger partial charge on any atom is 0.144 e. The molecule has 0 N–H and O–H groups in total. The summed E-state index contributed by atoms with van der Waals surface area (Å²) in [6.45, 7) is 2.19. The molecule has 0 aliphatic heterocycles. The summed E-state index contributed by atoms with van der Waals surface area (Å²) in [6.07, 6.45) is 7.36. The van der Waals surface area contributed by atoms with Crippen molar-refractivity contribution in [2.75, 3.05) is 0 Å². The lowest BCUT2D eigenvalue weighted by atomic mass is 9.61. The molecule has 0 heterocycles. The third-order valence-corrected chi connectivity index (χ3v) is 5.39. The van der Waals surface area contributed by atoms with Crippen LogP contribution < -0.4 is 0 Å². The van der Waals surface area contributed by atoms with Crippen molar-refractivity contribution >= 4 is 5.78 Å². The van der Waals surface area contributed by atoms with Crippen molar-refractivity contribution in [1.29, 1.82) is 0 Å². The van der Waals surface area contributed by atoms with E-state index < -0.39 is 0 Å². The zero-order valence-electron chi connectivity index (χ0n) is 10.8. The lowest BCUT2D eigenvalue weighted by Gasteiger charge is -2.40. The molecule has 3 aliphatic rings. The second-order valence-corrected chi connectivity index (χ2v) is 6.17. The largest absolute Gasteiger partial charge is 0.299 e. The average Bonchev–Trinajstić information content (AvgIpc) is 2.96. The highest BCUT2D eigenvalue weighted by atomic mass is 16.1. The number of fused-ring (bicyclic) bond motifs is 5. The first kappa shape index (κ1) is 10.5. The molecule has 4 rings (SSSR count). The van der Waals surface area contributed by atoms with E-state index >= 15 is 0 Å². The van der Waals surface area contributed by atoms with Gasteiger partial charge in [0.2, 0.25) is 0 Å². The van der Waals surface area contributed by atoms with Gasteiger partial charge in [0.05, 0.1) is 5.41 Å².